The lowest BCUT2D eigenvalue weighted by atomic mass is 10.1. The van der Waals surface area contributed by atoms with Gasteiger partial charge >= 0.3 is 0 Å². The molecule has 0 saturated heterocycles. The molecule has 5 heteroatoms. The summed E-state index contributed by atoms with van der Waals surface area (Å²) in [5.74, 6) is 1.45. The Balaban J connectivity index is 2.02. The first-order valence-corrected chi connectivity index (χ1v) is 8.37. The third-order valence-corrected chi connectivity index (χ3v) is 3.42. The normalized spacial score (nSPS) is 11.2. The molecule has 0 fully saturated rings. The molecule has 0 saturated carbocycles. The molecule has 0 amide bonds. The Labute approximate surface area is 144 Å². The van der Waals surface area contributed by atoms with Gasteiger partial charge in [-0.15, -0.1) is 0 Å². The van der Waals surface area contributed by atoms with Crippen LogP contribution in [0.1, 0.15) is 30.5 Å². The van der Waals surface area contributed by atoms with E-state index in [-0.39, 0.29) is 0 Å². The van der Waals surface area contributed by atoms with Crippen LogP contribution in [0.4, 0.5) is 0 Å². The first kappa shape index (κ1) is 17.8. The summed E-state index contributed by atoms with van der Waals surface area (Å²) in [6, 6.07) is 12.3. The molecule has 0 aliphatic rings. The predicted octanol–water partition coefficient (Wildman–Crippen LogP) is 3.04. The van der Waals surface area contributed by atoms with Gasteiger partial charge in [-0.3, -0.25) is 0 Å². The van der Waals surface area contributed by atoms with E-state index in [2.05, 4.69) is 58.7 Å². The molecule has 0 unspecified atom stereocenters. The summed E-state index contributed by atoms with van der Waals surface area (Å²) in [6.45, 7) is 8.77. The second kappa shape index (κ2) is 9.55. The number of benzene rings is 1. The Hall–Kier alpha value is -2.56. The predicted molar refractivity (Wildman–Crippen MR) is 98.2 cm³/mol. The first-order chi connectivity index (χ1) is 11.7. The van der Waals surface area contributed by atoms with Crippen molar-refractivity contribution in [3.05, 3.63) is 59.3 Å². The summed E-state index contributed by atoms with van der Waals surface area (Å²) in [6.07, 6.45) is 1.74. The van der Waals surface area contributed by atoms with Crippen molar-refractivity contribution in [1.82, 2.24) is 15.6 Å². The average Bonchev–Trinajstić information content (AvgIpc) is 2.59. The number of aromatic nitrogens is 1. The van der Waals surface area contributed by atoms with Gasteiger partial charge in [-0.25, -0.2) is 9.98 Å². The smallest absolute Gasteiger partial charge is 0.218 e. The molecule has 2 aromatic rings. The van der Waals surface area contributed by atoms with Crippen LogP contribution in [0.5, 0.6) is 5.88 Å². The second-order valence-electron chi connectivity index (χ2n) is 5.44. The van der Waals surface area contributed by atoms with Gasteiger partial charge < -0.3 is 15.4 Å². The van der Waals surface area contributed by atoms with E-state index < -0.39 is 0 Å². The van der Waals surface area contributed by atoms with Crippen LogP contribution >= 0.6 is 0 Å². The Morgan fingerprint density at radius 2 is 2.04 bits per heavy atom. The van der Waals surface area contributed by atoms with Crippen molar-refractivity contribution in [3.63, 3.8) is 0 Å². The SMILES string of the molecule is CCNC(=NCc1cccc(C)c1)NCc1cccnc1OCC. The summed E-state index contributed by atoms with van der Waals surface area (Å²) in [5, 5.41) is 6.61. The van der Waals surface area contributed by atoms with E-state index in [0.717, 1.165) is 18.1 Å². The Morgan fingerprint density at radius 3 is 2.79 bits per heavy atom. The van der Waals surface area contributed by atoms with Crippen molar-refractivity contribution >= 4 is 5.96 Å². The lowest BCUT2D eigenvalue weighted by Gasteiger charge is -2.13. The monoisotopic (exact) mass is 326 g/mol. The summed E-state index contributed by atoms with van der Waals surface area (Å²) in [5.41, 5.74) is 3.46. The molecule has 0 aliphatic heterocycles. The average molecular weight is 326 g/mol. The zero-order valence-electron chi connectivity index (χ0n) is 14.7. The molecular weight excluding hydrogens is 300 g/mol. The highest BCUT2D eigenvalue weighted by atomic mass is 16.5. The molecule has 2 rings (SSSR count). The number of hydrogen-bond donors (Lipinski definition) is 2. The molecule has 24 heavy (non-hydrogen) atoms. The van der Waals surface area contributed by atoms with Gasteiger partial charge in [0.05, 0.1) is 13.2 Å². The lowest BCUT2D eigenvalue weighted by Crippen LogP contribution is -2.36. The quantitative estimate of drug-likeness (QED) is 0.606. The second-order valence-corrected chi connectivity index (χ2v) is 5.44. The molecule has 1 aromatic carbocycles. The molecule has 1 aromatic heterocycles. The van der Waals surface area contributed by atoms with Crippen LogP contribution in [0.15, 0.2) is 47.6 Å². The van der Waals surface area contributed by atoms with E-state index in [1.54, 1.807) is 6.20 Å². The van der Waals surface area contributed by atoms with Gasteiger partial charge in [0.25, 0.3) is 0 Å². The zero-order valence-corrected chi connectivity index (χ0v) is 14.7. The van der Waals surface area contributed by atoms with E-state index in [0.29, 0.717) is 25.6 Å². The Kier molecular flexibility index (Phi) is 7.08. The fourth-order valence-corrected chi connectivity index (χ4v) is 2.33. The Bertz CT molecular complexity index is 670. The number of aliphatic imine (C=N–C) groups is 1. The number of aryl methyl sites for hydroxylation is 1. The minimum Gasteiger partial charge on any atom is -0.478 e. The van der Waals surface area contributed by atoms with Crippen molar-refractivity contribution in [3.8, 4) is 5.88 Å². The van der Waals surface area contributed by atoms with Crippen LogP contribution in [0.25, 0.3) is 0 Å². The zero-order chi connectivity index (χ0) is 17.2. The molecule has 0 atom stereocenters. The molecule has 128 valence electrons. The standard InChI is InChI=1S/C19H26N4O/c1-4-20-19(22-13-16-9-6-8-15(3)12-16)23-14-17-10-7-11-21-18(17)24-5-2/h6-12H,4-5,13-14H2,1-3H3,(H2,20,22,23). The highest BCUT2D eigenvalue weighted by Crippen LogP contribution is 2.13. The van der Waals surface area contributed by atoms with E-state index in [1.165, 1.54) is 11.1 Å². The van der Waals surface area contributed by atoms with Gasteiger partial charge in [0.15, 0.2) is 5.96 Å². The van der Waals surface area contributed by atoms with Crippen LogP contribution in [0, 0.1) is 6.92 Å². The van der Waals surface area contributed by atoms with Gasteiger partial charge in [-0.1, -0.05) is 35.9 Å². The van der Waals surface area contributed by atoms with Gasteiger partial charge in [0.2, 0.25) is 5.88 Å². The van der Waals surface area contributed by atoms with Crippen LogP contribution in [-0.2, 0) is 13.1 Å². The fraction of sp³-hybridized carbons (Fsp3) is 0.368. The van der Waals surface area contributed by atoms with Gasteiger partial charge in [-0.05, 0) is 32.4 Å². The highest BCUT2D eigenvalue weighted by molar-refractivity contribution is 5.79. The number of nitrogens with zero attached hydrogens (tertiary/aromatic N) is 2. The van der Waals surface area contributed by atoms with Gasteiger partial charge in [-0.2, -0.15) is 0 Å². The number of hydrogen-bond acceptors (Lipinski definition) is 3. The maximum Gasteiger partial charge on any atom is 0.218 e. The van der Waals surface area contributed by atoms with Crippen molar-refractivity contribution in [2.24, 2.45) is 4.99 Å². The third-order valence-electron chi connectivity index (χ3n) is 3.42. The van der Waals surface area contributed by atoms with Crippen LogP contribution in [-0.4, -0.2) is 24.1 Å². The maximum atomic E-state index is 5.56. The number of guanidine groups is 1. The van der Waals surface area contributed by atoms with E-state index in [1.807, 2.05) is 19.1 Å². The highest BCUT2D eigenvalue weighted by Gasteiger charge is 2.05. The van der Waals surface area contributed by atoms with Crippen molar-refractivity contribution in [2.45, 2.75) is 33.9 Å². The molecule has 2 N–H and O–H groups in total. The van der Waals surface area contributed by atoms with E-state index in [4.69, 9.17) is 4.74 Å². The summed E-state index contributed by atoms with van der Waals surface area (Å²) < 4.78 is 5.56. The van der Waals surface area contributed by atoms with Crippen LogP contribution in [0.3, 0.4) is 0 Å². The molecule has 5 nitrogen and oxygen atoms in total. The number of nitrogens with one attached hydrogen (secondary N) is 2. The fourth-order valence-electron chi connectivity index (χ4n) is 2.33. The molecular formula is C19H26N4O. The molecule has 0 spiro atoms. The molecule has 1 heterocycles. The summed E-state index contributed by atoms with van der Waals surface area (Å²) in [7, 11) is 0. The van der Waals surface area contributed by atoms with E-state index in [9.17, 15) is 0 Å². The molecule has 0 bridgehead atoms. The van der Waals surface area contributed by atoms with E-state index >= 15 is 0 Å². The van der Waals surface area contributed by atoms with Gasteiger partial charge in [0.1, 0.15) is 0 Å². The van der Waals surface area contributed by atoms with Crippen molar-refractivity contribution in [2.75, 3.05) is 13.2 Å². The molecule has 0 aliphatic carbocycles. The first-order valence-electron chi connectivity index (χ1n) is 8.37. The van der Waals surface area contributed by atoms with Crippen molar-refractivity contribution in [1.29, 1.82) is 0 Å². The minimum atomic E-state index is 0.603. The topological polar surface area (TPSA) is 58.5 Å². The summed E-state index contributed by atoms with van der Waals surface area (Å²) >= 11 is 0. The largest absolute Gasteiger partial charge is 0.478 e. The number of pyridine rings is 1. The van der Waals surface area contributed by atoms with Crippen LogP contribution < -0.4 is 15.4 Å². The van der Waals surface area contributed by atoms with Gasteiger partial charge in [0, 0.05) is 24.8 Å². The number of rotatable bonds is 7. The maximum absolute atomic E-state index is 5.56. The van der Waals surface area contributed by atoms with Crippen LogP contribution in [0.2, 0.25) is 0 Å². The lowest BCUT2D eigenvalue weighted by molar-refractivity contribution is 0.322. The third kappa shape index (κ3) is 5.57. The van der Waals surface area contributed by atoms with Crippen molar-refractivity contribution < 1.29 is 4.74 Å². The molecule has 0 radical (unpaired) electrons. The minimum absolute atomic E-state index is 0.603. The Morgan fingerprint density at radius 1 is 1.17 bits per heavy atom. The number of ether oxygens (including phenoxy) is 1. The summed E-state index contributed by atoms with van der Waals surface area (Å²) in [4.78, 5) is 8.92.